The smallest absolute Gasteiger partial charge is 0.255 e. The zero-order chi connectivity index (χ0) is 14.5. The molecule has 0 radical (unpaired) electrons. The van der Waals surface area contributed by atoms with Crippen LogP contribution < -0.4 is 0 Å². The van der Waals surface area contributed by atoms with E-state index in [1.54, 1.807) is 26.4 Å². The summed E-state index contributed by atoms with van der Waals surface area (Å²) in [7, 11) is 1.68. The Kier molecular flexibility index (Phi) is 4.48. The molecule has 1 aromatic heterocycles. The van der Waals surface area contributed by atoms with Gasteiger partial charge in [-0.2, -0.15) is 0 Å². The molecular formula is C16H18N2O2. The van der Waals surface area contributed by atoms with Gasteiger partial charge in [-0.05, 0) is 18.6 Å². The van der Waals surface area contributed by atoms with Crippen molar-refractivity contribution < 1.29 is 9.90 Å². The molecule has 0 saturated heterocycles. The Morgan fingerprint density at radius 1 is 1.25 bits per heavy atom. The first-order chi connectivity index (χ1) is 9.63. The van der Waals surface area contributed by atoms with E-state index in [-0.39, 0.29) is 18.6 Å². The summed E-state index contributed by atoms with van der Waals surface area (Å²) >= 11 is 0. The lowest BCUT2D eigenvalue weighted by atomic mass is 10.1. The van der Waals surface area contributed by atoms with Crippen molar-refractivity contribution in [1.82, 2.24) is 9.88 Å². The summed E-state index contributed by atoms with van der Waals surface area (Å²) in [6, 6.07) is 11.4. The van der Waals surface area contributed by atoms with Crippen molar-refractivity contribution in [2.45, 2.75) is 13.0 Å². The normalized spacial score (nSPS) is 11.9. The van der Waals surface area contributed by atoms with Crippen LogP contribution >= 0.6 is 0 Å². The molecule has 1 aromatic carbocycles. The van der Waals surface area contributed by atoms with Gasteiger partial charge in [0.1, 0.15) is 0 Å². The van der Waals surface area contributed by atoms with E-state index in [0.29, 0.717) is 5.56 Å². The molecule has 2 aromatic rings. The van der Waals surface area contributed by atoms with Crippen LogP contribution in [0.25, 0.3) is 11.1 Å². The fourth-order valence-electron chi connectivity index (χ4n) is 1.87. The minimum Gasteiger partial charge on any atom is -0.394 e. The van der Waals surface area contributed by atoms with Gasteiger partial charge >= 0.3 is 0 Å². The van der Waals surface area contributed by atoms with Gasteiger partial charge in [-0.15, -0.1) is 0 Å². The highest BCUT2D eigenvalue weighted by molar-refractivity contribution is 5.95. The zero-order valence-corrected chi connectivity index (χ0v) is 11.7. The summed E-state index contributed by atoms with van der Waals surface area (Å²) in [4.78, 5) is 18.0. The van der Waals surface area contributed by atoms with E-state index in [1.165, 1.54) is 4.90 Å². The summed E-state index contributed by atoms with van der Waals surface area (Å²) < 4.78 is 0. The van der Waals surface area contributed by atoms with E-state index in [0.717, 1.165) is 11.1 Å². The predicted molar refractivity (Wildman–Crippen MR) is 78.3 cm³/mol. The molecule has 4 nitrogen and oxygen atoms in total. The van der Waals surface area contributed by atoms with Gasteiger partial charge in [0.25, 0.3) is 5.91 Å². The molecule has 2 rings (SSSR count). The van der Waals surface area contributed by atoms with Crippen LogP contribution in [0.5, 0.6) is 0 Å². The van der Waals surface area contributed by atoms with Crippen molar-refractivity contribution in [2.75, 3.05) is 13.7 Å². The third-order valence-corrected chi connectivity index (χ3v) is 3.34. The number of aliphatic hydroxyl groups excluding tert-OH is 1. The molecular weight excluding hydrogens is 252 g/mol. The highest BCUT2D eigenvalue weighted by Crippen LogP contribution is 2.19. The molecule has 1 N–H and O–H groups in total. The number of amides is 1. The number of nitrogens with zero attached hydrogens (tertiary/aromatic N) is 2. The van der Waals surface area contributed by atoms with Crippen molar-refractivity contribution in [3.8, 4) is 11.1 Å². The standard InChI is InChI=1S/C16H18N2O2/c1-12(11-19)18(2)16(20)15-8-14(9-17-10-15)13-6-4-3-5-7-13/h3-10,12,19H,11H2,1-2H3. The number of hydrogen-bond donors (Lipinski definition) is 1. The molecule has 4 heteroatoms. The van der Waals surface area contributed by atoms with Gasteiger partial charge < -0.3 is 10.0 Å². The van der Waals surface area contributed by atoms with Crippen LogP contribution in [0, 0.1) is 0 Å². The number of benzene rings is 1. The number of hydrogen-bond acceptors (Lipinski definition) is 3. The van der Waals surface area contributed by atoms with Crippen molar-refractivity contribution in [3.63, 3.8) is 0 Å². The average molecular weight is 270 g/mol. The second kappa shape index (κ2) is 6.30. The highest BCUT2D eigenvalue weighted by Gasteiger charge is 2.17. The minimum absolute atomic E-state index is 0.0615. The summed E-state index contributed by atoms with van der Waals surface area (Å²) in [6.45, 7) is 1.74. The Hall–Kier alpha value is -2.20. The van der Waals surface area contributed by atoms with Crippen molar-refractivity contribution in [3.05, 3.63) is 54.4 Å². The van der Waals surface area contributed by atoms with E-state index >= 15 is 0 Å². The first kappa shape index (κ1) is 14.2. The molecule has 20 heavy (non-hydrogen) atoms. The first-order valence-corrected chi connectivity index (χ1v) is 6.52. The topological polar surface area (TPSA) is 53.4 Å². The number of carbonyl (C=O) groups is 1. The molecule has 1 atom stereocenters. The van der Waals surface area contributed by atoms with Gasteiger partial charge in [0.2, 0.25) is 0 Å². The summed E-state index contributed by atoms with van der Waals surface area (Å²) in [5, 5.41) is 9.12. The minimum atomic E-state index is -0.220. The van der Waals surface area contributed by atoms with Crippen LogP contribution in [0.1, 0.15) is 17.3 Å². The van der Waals surface area contributed by atoms with Crippen molar-refractivity contribution in [1.29, 1.82) is 0 Å². The largest absolute Gasteiger partial charge is 0.394 e. The van der Waals surface area contributed by atoms with E-state index in [1.807, 2.05) is 36.4 Å². The lowest BCUT2D eigenvalue weighted by Gasteiger charge is -2.23. The van der Waals surface area contributed by atoms with Gasteiger partial charge in [0, 0.05) is 25.0 Å². The number of aromatic nitrogens is 1. The molecule has 0 spiro atoms. The number of rotatable bonds is 4. The summed E-state index contributed by atoms with van der Waals surface area (Å²) in [6.07, 6.45) is 3.29. The SMILES string of the molecule is CC(CO)N(C)C(=O)c1cncc(-c2ccccc2)c1. The van der Waals surface area contributed by atoms with Crippen molar-refractivity contribution in [2.24, 2.45) is 0 Å². The van der Waals surface area contributed by atoms with Crippen LogP contribution in [0.3, 0.4) is 0 Å². The molecule has 0 bridgehead atoms. The fourth-order valence-corrected chi connectivity index (χ4v) is 1.87. The third-order valence-electron chi connectivity index (χ3n) is 3.34. The maximum atomic E-state index is 12.3. The molecule has 1 unspecified atom stereocenters. The van der Waals surface area contributed by atoms with Gasteiger partial charge in [-0.1, -0.05) is 30.3 Å². The summed E-state index contributed by atoms with van der Waals surface area (Å²) in [5.74, 6) is -0.142. The molecule has 0 fully saturated rings. The maximum absolute atomic E-state index is 12.3. The first-order valence-electron chi connectivity index (χ1n) is 6.52. The Morgan fingerprint density at radius 2 is 1.95 bits per heavy atom. The molecule has 0 aliphatic heterocycles. The van der Waals surface area contributed by atoms with E-state index < -0.39 is 0 Å². The highest BCUT2D eigenvalue weighted by atomic mass is 16.3. The number of pyridine rings is 1. The molecule has 0 aliphatic carbocycles. The molecule has 0 saturated carbocycles. The zero-order valence-electron chi connectivity index (χ0n) is 11.7. The lowest BCUT2D eigenvalue weighted by Crippen LogP contribution is -2.37. The Morgan fingerprint density at radius 3 is 2.60 bits per heavy atom. The average Bonchev–Trinajstić information content (AvgIpc) is 2.53. The molecule has 0 aliphatic rings. The van der Waals surface area contributed by atoms with Crippen LogP contribution in [0.2, 0.25) is 0 Å². The lowest BCUT2D eigenvalue weighted by molar-refractivity contribution is 0.0682. The van der Waals surface area contributed by atoms with E-state index in [9.17, 15) is 4.79 Å². The maximum Gasteiger partial charge on any atom is 0.255 e. The Balaban J connectivity index is 2.29. The monoisotopic (exact) mass is 270 g/mol. The van der Waals surface area contributed by atoms with Gasteiger partial charge in [0.15, 0.2) is 0 Å². The van der Waals surface area contributed by atoms with E-state index in [4.69, 9.17) is 5.11 Å². The molecule has 1 heterocycles. The molecule has 104 valence electrons. The predicted octanol–water partition coefficient (Wildman–Crippen LogP) is 2.20. The van der Waals surface area contributed by atoms with E-state index in [2.05, 4.69) is 4.98 Å². The van der Waals surface area contributed by atoms with Gasteiger partial charge in [-0.3, -0.25) is 9.78 Å². The van der Waals surface area contributed by atoms with Gasteiger partial charge in [-0.25, -0.2) is 0 Å². The van der Waals surface area contributed by atoms with Gasteiger partial charge in [0.05, 0.1) is 18.2 Å². The number of likely N-dealkylation sites (N-methyl/N-ethyl adjacent to an activating group) is 1. The van der Waals surface area contributed by atoms with Crippen LogP contribution in [0.15, 0.2) is 48.8 Å². The van der Waals surface area contributed by atoms with Crippen molar-refractivity contribution >= 4 is 5.91 Å². The quantitative estimate of drug-likeness (QED) is 0.926. The number of aliphatic hydroxyl groups is 1. The van der Waals surface area contributed by atoms with Crippen LogP contribution in [-0.2, 0) is 0 Å². The Bertz CT molecular complexity index is 584. The molecule has 1 amide bonds. The fraction of sp³-hybridized carbons (Fsp3) is 0.250. The Labute approximate surface area is 118 Å². The van der Waals surface area contributed by atoms with Crippen LogP contribution in [0.4, 0.5) is 0 Å². The summed E-state index contributed by atoms with van der Waals surface area (Å²) in [5.41, 5.74) is 2.45. The number of carbonyl (C=O) groups excluding carboxylic acids is 1. The second-order valence-electron chi connectivity index (χ2n) is 4.78. The second-order valence-corrected chi connectivity index (χ2v) is 4.78. The van der Waals surface area contributed by atoms with Crippen LogP contribution in [-0.4, -0.2) is 40.6 Å². The third kappa shape index (κ3) is 3.03.